The Labute approximate surface area is 133 Å². The van der Waals surface area contributed by atoms with Crippen molar-refractivity contribution in [3.63, 3.8) is 0 Å². The second-order valence-corrected chi connectivity index (χ2v) is 5.57. The maximum absolute atomic E-state index is 6.22. The van der Waals surface area contributed by atoms with Crippen molar-refractivity contribution in [2.24, 2.45) is 0 Å². The molecule has 0 saturated heterocycles. The highest BCUT2D eigenvalue weighted by Crippen LogP contribution is 2.40. The Morgan fingerprint density at radius 2 is 2.05 bits per heavy atom. The van der Waals surface area contributed by atoms with Crippen LogP contribution in [0.15, 0.2) is 36.8 Å². The van der Waals surface area contributed by atoms with E-state index in [9.17, 15) is 0 Å². The molecule has 110 valence electrons. The van der Waals surface area contributed by atoms with Crippen molar-refractivity contribution in [2.45, 2.75) is 13.3 Å². The van der Waals surface area contributed by atoms with E-state index >= 15 is 0 Å². The number of anilines is 2. The minimum absolute atomic E-state index is 0.489. The molecule has 3 aromatic heterocycles. The summed E-state index contributed by atoms with van der Waals surface area (Å²) in [4.78, 5) is 15.6. The Morgan fingerprint density at radius 1 is 1.18 bits per heavy atom. The molecule has 0 aromatic carbocycles. The molecular formula is C16H14ClN5. The highest BCUT2D eigenvalue weighted by molar-refractivity contribution is 6.29. The zero-order chi connectivity index (χ0) is 15.3. The summed E-state index contributed by atoms with van der Waals surface area (Å²) in [5.74, 6) is 2.49. The van der Waals surface area contributed by atoms with Crippen molar-refractivity contribution >= 4 is 23.2 Å². The summed E-state index contributed by atoms with van der Waals surface area (Å²) in [5, 5.41) is 0.489. The maximum atomic E-state index is 6.22. The lowest BCUT2D eigenvalue weighted by Gasteiger charge is -2.20. The minimum Gasteiger partial charge on any atom is -0.312 e. The number of hydrogen-bond acceptors (Lipinski definition) is 4. The number of halogens is 1. The number of aromatic nitrogens is 4. The molecule has 0 radical (unpaired) electrons. The molecule has 0 fully saturated rings. The number of hydrogen-bond donors (Lipinski definition) is 0. The molecule has 0 amide bonds. The van der Waals surface area contributed by atoms with E-state index in [0.717, 1.165) is 40.7 Å². The van der Waals surface area contributed by atoms with E-state index in [1.54, 1.807) is 12.4 Å². The summed E-state index contributed by atoms with van der Waals surface area (Å²) in [7, 11) is 1.96. The van der Waals surface area contributed by atoms with Crippen LogP contribution in [0.25, 0.3) is 17.1 Å². The van der Waals surface area contributed by atoms with Gasteiger partial charge in [-0.05, 0) is 30.2 Å². The van der Waals surface area contributed by atoms with Crippen molar-refractivity contribution in [2.75, 3.05) is 11.9 Å². The average molecular weight is 312 g/mol. The van der Waals surface area contributed by atoms with Gasteiger partial charge in [-0.1, -0.05) is 18.5 Å². The van der Waals surface area contributed by atoms with Crippen LogP contribution in [0.2, 0.25) is 5.15 Å². The van der Waals surface area contributed by atoms with E-state index < -0.39 is 0 Å². The van der Waals surface area contributed by atoms with Crippen molar-refractivity contribution < 1.29 is 0 Å². The van der Waals surface area contributed by atoms with Gasteiger partial charge in [0.05, 0.1) is 11.3 Å². The summed E-state index contributed by atoms with van der Waals surface area (Å²) < 4.78 is 2.07. The quantitative estimate of drug-likeness (QED) is 0.644. The van der Waals surface area contributed by atoms with Crippen LogP contribution in [-0.4, -0.2) is 26.6 Å². The van der Waals surface area contributed by atoms with Crippen LogP contribution in [-0.2, 0) is 6.42 Å². The summed E-state index contributed by atoms with van der Waals surface area (Å²) in [5.41, 5.74) is 3.12. The van der Waals surface area contributed by atoms with Crippen molar-refractivity contribution in [1.29, 1.82) is 0 Å². The highest BCUT2D eigenvalue weighted by Gasteiger charge is 2.27. The molecule has 3 aromatic rings. The van der Waals surface area contributed by atoms with Gasteiger partial charge in [0.15, 0.2) is 5.82 Å². The molecule has 1 aliphatic heterocycles. The summed E-state index contributed by atoms with van der Waals surface area (Å²) >= 11 is 6.22. The van der Waals surface area contributed by atoms with Crippen molar-refractivity contribution in [3.05, 3.63) is 47.5 Å². The molecule has 4 heterocycles. The Morgan fingerprint density at radius 3 is 2.86 bits per heavy atom. The van der Waals surface area contributed by atoms with Crippen molar-refractivity contribution in [1.82, 2.24) is 19.5 Å². The number of aryl methyl sites for hydroxylation is 1. The molecule has 1 aliphatic rings. The van der Waals surface area contributed by atoms with Crippen molar-refractivity contribution in [3.8, 4) is 17.1 Å². The van der Waals surface area contributed by atoms with E-state index in [0.29, 0.717) is 5.15 Å². The predicted molar refractivity (Wildman–Crippen MR) is 87.0 cm³/mol. The minimum atomic E-state index is 0.489. The topological polar surface area (TPSA) is 46.8 Å². The molecule has 22 heavy (non-hydrogen) atoms. The van der Waals surface area contributed by atoms with Crippen LogP contribution >= 0.6 is 11.6 Å². The number of nitrogens with zero attached hydrogens (tertiary/aromatic N) is 5. The molecule has 0 unspecified atom stereocenters. The molecule has 0 bridgehead atoms. The normalized spacial score (nSPS) is 12.4. The first kappa shape index (κ1) is 13.3. The second kappa shape index (κ2) is 4.81. The smallest absolute Gasteiger partial charge is 0.160 e. The SMILES string of the molecule is CCc1cc(Cl)nc2c1-n1ccnc1-c1cccnc1N2C. The fourth-order valence-corrected chi connectivity index (χ4v) is 3.14. The van der Waals surface area contributed by atoms with E-state index in [1.165, 1.54) is 0 Å². The van der Waals surface area contributed by atoms with Gasteiger partial charge in [-0.15, -0.1) is 0 Å². The maximum Gasteiger partial charge on any atom is 0.160 e. The van der Waals surface area contributed by atoms with Gasteiger partial charge < -0.3 is 4.90 Å². The lowest BCUT2D eigenvalue weighted by Crippen LogP contribution is -2.15. The summed E-state index contributed by atoms with van der Waals surface area (Å²) in [6.07, 6.45) is 6.40. The lowest BCUT2D eigenvalue weighted by atomic mass is 10.1. The van der Waals surface area contributed by atoms with Gasteiger partial charge in [-0.25, -0.2) is 15.0 Å². The van der Waals surface area contributed by atoms with E-state index in [1.807, 2.05) is 36.3 Å². The predicted octanol–water partition coefficient (Wildman–Crippen LogP) is 3.63. The first-order valence-corrected chi connectivity index (χ1v) is 7.50. The standard InChI is InChI=1S/C16H14ClN5/c1-3-10-9-12(17)20-16-13(10)22-8-7-19-15(22)11-5-4-6-18-14(11)21(16)2/h4-9H,3H2,1-2H3. The van der Waals surface area contributed by atoms with Crippen LogP contribution in [0.1, 0.15) is 12.5 Å². The Balaban J connectivity index is 2.15. The van der Waals surface area contributed by atoms with Gasteiger partial charge in [-0.2, -0.15) is 0 Å². The molecule has 4 rings (SSSR count). The van der Waals surface area contributed by atoms with Crippen LogP contribution in [0.3, 0.4) is 0 Å². The Hall–Kier alpha value is -2.40. The highest BCUT2D eigenvalue weighted by atomic mass is 35.5. The Kier molecular flexibility index (Phi) is 2.90. The first-order valence-electron chi connectivity index (χ1n) is 7.13. The molecule has 0 spiro atoms. The van der Waals surface area contributed by atoms with Gasteiger partial charge in [0.2, 0.25) is 0 Å². The van der Waals surface area contributed by atoms with Gasteiger partial charge in [0.1, 0.15) is 16.8 Å². The summed E-state index contributed by atoms with van der Waals surface area (Å²) in [6.45, 7) is 2.11. The van der Waals surface area contributed by atoms with Gasteiger partial charge >= 0.3 is 0 Å². The zero-order valence-electron chi connectivity index (χ0n) is 12.3. The van der Waals surface area contributed by atoms with Crippen LogP contribution in [0.5, 0.6) is 0 Å². The van der Waals surface area contributed by atoms with E-state index in [4.69, 9.17) is 11.6 Å². The molecule has 6 heteroatoms. The number of pyridine rings is 2. The molecule has 0 atom stereocenters. The number of imidazole rings is 1. The first-order chi connectivity index (χ1) is 10.7. The van der Waals surface area contributed by atoms with E-state index in [2.05, 4.69) is 26.4 Å². The third-order valence-electron chi connectivity index (χ3n) is 3.95. The molecule has 0 aliphatic carbocycles. The average Bonchev–Trinajstić information content (AvgIpc) is 2.99. The lowest BCUT2D eigenvalue weighted by molar-refractivity contribution is 0.985. The molecule has 5 nitrogen and oxygen atoms in total. The Bertz CT molecular complexity index is 871. The summed E-state index contributed by atoms with van der Waals surface area (Å²) in [6, 6.07) is 5.86. The third-order valence-corrected chi connectivity index (χ3v) is 4.14. The molecule has 0 saturated carbocycles. The second-order valence-electron chi connectivity index (χ2n) is 5.18. The van der Waals surface area contributed by atoms with E-state index in [-0.39, 0.29) is 0 Å². The molecular weight excluding hydrogens is 298 g/mol. The van der Waals surface area contributed by atoms with Crippen LogP contribution in [0, 0.1) is 0 Å². The third kappa shape index (κ3) is 1.75. The zero-order valence-corrected chi connectivity index (χ0v) is 13.0. The number of rotatable bonds is 1. The fourth-order valence-electron chi connectivity index (χ4n) is 2.93. The fraction of sp³-hybridized carbons (Fsp3) is 0.188. The molecule has 0 N–H and O–H groups in total. The van der Waals surface area contributed by atoms with Crippen LogP contribution < -0.4 is 4.90 Å². The monoisotopic (exact) mass is 311 g/mol. The van der Waals surface area contributed by atoms with Crippen LogP contribution in [0.4, 0.5) is 11.6 Å². The van der Waals surface area contributed by atoms with Gasteiger partial charge in [-0.3, -0.25) is 4.57 Å². The van der Waals surface area contributed by atoms with Gasteiger partial charge in [0.25, 0.3) is 0 Å². The van der Waals surface area contributed by atoms with Gasteiger partial charge in [0, 0.05) is 25.6 Å². The largest absolute Gasteiger partial charge is 0.312 e. The number of fused-ring (bicyclic) bond motifs is 5.